The fourth-order valence-electron chi connectivity index (χ4n) is 4.08. The van der Waals surface area contributed by atoms with Gasteiger partial charge >= 0.3 is 0 Å². The maximum atomic E-state index is 9.98. The highest BCUT2D eigenvalue weighted by Crippen LogP contribution is 2.82. The molecule has 24 heavy (non-hydrogen) atoms. The van der Waals surface area contributed by atoms with Crippen molar-refractivity contribution in [2.45, 2.75) is 11.8 Å². The van der Waals surface area contributed by atoms with Crippen LogP contribution in [0.4, 0.5) is 0 Å². The number of amidine groups is 1. The van der Waals surface area contributed by atoms with Gasteiger partial charge in [-0.2, -0.15) is 10.5 Å². The van der Waals surface area contributed by atoms with Crippen molar-refractivity contribution in [3.63, 3.8) is 0 Å². The van der Waals surface area contributed by atoms with Crippen molar-refractivity contribution in [2.24, 2.45) is 21.6 Å². The predicted octanol–water partition coefficient (Wildman–Crippen LogP) is 1.65. The minimum Gasteiger partial charge on any atom is -0.496 e. The van der Waals surface area contributed by atoms with Gasteiger partial charge in [0.05, 0.1) is 36.9 Å². The van der Waals surface area contributed by atoms with E-state index in [2.05, 4.69) is 33.1 Å². The van der Waals surface area contributed by atoms with Crippen LogP contribution in [0.3, 0.4) is 0 Å². The fourth-order valence-corrected chi connectivity index (χ4v) is 4.64. The molecule has 0 amide bonds. The van der Waals surface area contributed by atoms with Crippen molar-refractivity contribution in [1.82, 2.24) is 0 Å². The third-order valence-corrected chi connectivity index (χ3v) is 5.74. The molecule has 1 saturated carbocycles. The zero-order valence-electron chi connectivity index (χ0n) is 12.7. The van der Waals surface area contributed by atoms with E-state index in [0.717, 1.165) is 10.0 Å². The molecular formula is C16H13BrN4O3. The van der Waals surface area contributed by atoms with Crippen LogP contribution in [0.2, 0.25) is 0 Å². The van der Waals surface area contributed by atoms with Crippen molar-refractivity contribution >= 4 is 21.8 Å². The molecule has 1 saturated heterocycles. The molecule has 1 spiro atoms. The molecule has 2 N–H and O–H groups in total. The summed E-state index contributed by atoms with van der Waals surface area (Å²) in [5.41, 5.74) is 4.32. The van der Waals surface area contributed by atoms with E-state index in [-0.39, 0.29) is 5.84 Å². The summed E-state index contributed by atoms with van der Waals surface area (Å²) < 4.78 is 17.3. The van der Waals surface area contributed by atoms with E-state index < -0.39 is 22.7 Å². The first-order valence-corrected chi connectivity index (χ1v) is 8.12. The summed E-state index contributed by atoms with van der Waals surface area (Å²) in [6.45, 7) is 0.613. The standard InChI is InChI=1S/C16H13BrN4O3/c1-22-11-3-2-9(6-10(11)17)12-14(7-18)13(20)21-16(15(12,14)8-19)23-4-5-24-16/h2-3,6,12H,4-5H2,1H3,(H2,20,21)/t12-,14+,15+/m0/s1. The predicted molar refractivity (Wildman–Crippen MR) is 85.8 cm³/mol. The Hall–Kier alpha value is -2.13. The Labute approximate surface area is 146 Å². The van der Waals surface area contributed by atoms with E-state index >= 15 is 0 Å². The van der Waals surface area contributed by atoms with Gasteiger partial charge in [-0.05, 0) is 33.6 Å². The quantitative estimate of drug-likeness (QED) is 0.823. The number of rotatable bonds is 2. The van der Waals surface area contributed by atoms with Crippen LogP contribution in [0.15, 0.2) is 27.7 Å². The van der Waals surface area contributed by atoms with Crippen molar-refractivity contribution in [2.75, 3.05) is 20.3 Å². The van der Waals surface area contributed by atoms with Crippen molar-refractivity contribution in [3.05, 3.63) is 28.2 Å². The van der Waals surface area contributed by atoms with Gasteiger partial charge in [-0.3, -0.25) is 0 Å². The van der Waals surface area contributed by atoms with E-state index in [9.17, 15) is 10.5 Å². The molecule has 0 aromatic heterocycles. The average molecular weight is 389 g/mol. The van der Waals surface area contributed by atoms with E-state index in [4.69, 9.17) is 19.9 Å². The summed E-state index contributed by atoms with van der Waals surface area (Å²) >= 11 is 3.44. The smallest absolute Gasteiger partial charge is 0.293 e. The molecule has 2 aliphatic heterocycles. The third kappa shape index (κ3) is 1.41. The molecule has 2 fully saturated rings. The summed E-state index contributed by atoms with van der Waals surface area (Å²) in [5, 5.41) is 19.9. The highest BCUT2D eigenvalue weighted by atomic mass is 79.9. The number of aliphatic imine (C=N–C) groups is 1. The molecule has 7 nitrogen and oxygen atoms in total. The minimum atomic E-state index is -1.50. The second-order valence-electron chi connectivity index (χ2n) is 5.94. The van der Waals surface area contributed by atoms with E-state index in [1.807, 2.05) is 12.1 Å². The van der Waals surface area contributed by atoms with Gasteiger partial charge in [0.25, 0.3) is 5.91 Å². The largest absolute Gasteiger partial charge is 0.496 e. The number of methoxy groups -OCH3 is 1. The van der Waals surface area contributed by atoms with Crippen molar-refractivity contribution in [3.8, 4) is 17.9 Å². The molecule has 1 aliphatic carbocycles. The number of fused-ring (bicyclic) bond motifs is 2. The summed E-state index contributed by atoms with van der Waals surface area (Å²) in [5.74, 6) is -1.24. The van der Waals surface area contributed by atoms with Gasteiger partial charge < -0.3 is 19.9 Å². The zero-order valence-corrected chi connectivity index (χ0v) is 14.3. The lowest BCUT2D eigenvalue weighted by molar-refractivity contribution is -0.184. The summed E-state index contributed by atoms with van der Waals surface area (Å²) in [6.07, 6.45) is 0. The Morgan fingerprint density at radius 1 is 1.33 bits per heavy atom. The molecule has 122 valence electrons. The molecule has 0 bridgehead atoms. The Kier molecular flexibility index (Phi) is 3.02. The molecule has 4 rings (SSSR count). The van der Waals surface area contributed by atoms with Gasteiger partial charge in [0, 0.05) is 5.92 Å². The number of benzene rings is 1. The average Bonchev–Trinajstić information content (AvgIpc) is 2.84. The lowest BCUT2D eigenvalue weighted by atomic mass is 9.94. The van der Waals surface area contributed by atoms with Crippen LogP contribution in [0.25, 0.3) is 0 Å². The van der Waals surface area contributed by atoms with E-state index in [1.165, 1.54) is 0 Å². The first-order chi connectivity index (χ1) is 11.5. The highest BCUT2D eigenvalue weighted by Gasteiger charge is 2.94. The topological polar surface area (TPSA) is 114 Å². The Morgan fingerprint density at radius 2 is 2.04 bits per heavy atom. The number of nitrogens with two attached hydrogens (primary N) is 1. The van der Waals surface area contributed by atoms with Crippen LogP contribution < -0.4 is 10.5 Å². The molecule has 0 unspecified atom stereocenters. The SMILES string of the molecule is COc1ccc([C@H]2[C@]3(C#N)C(N)=NC4(OCCO4)[C@]23C#N)cc1Br. The van der Waals surface area contributed by atoms with Crippen molar-refractivity contribution in [1.29, 1.82) is 10.5 Å². The molecular weight excluding hydrogens is 376 g/mol. The van der Waals surface area contributed by atoms with Crippen LogP contribution in [0, 0.1) is 33.5 Å². The van der Waals surface area contributed by atoms with Crippen molar-refractivity contribution < 1.29 is 14.2 Å². The number of hydrogen-bond donors (Lipinski definition) is 1. The molecule has 2 heterocycles. The first-order valence-electron chi connectivity index (χ1n) is 7.32. The number of nitriles is 2. The van der Waals surface area contributed by atoms with E-state index in [1.54, 1.807) is 13.2 Å². The van der Waals surface area contributed by atoms with Gasteiger partial charge in [0.1, 0.15) is 17.0 Å². The normalized spacial score (nSPS) is 35.0. The van der Waals surface area contributed by atoms with Crippen LogP contribution in [0.5, 0.6) is 5.75 Å². The maximum Gasteiger partial charge on any atom is 0.293 e. The minimum absolute atomic E-state index is 0.0883. The second kappa shape index (κ2) is 4.70. The first kappa shape index (κ1) is 15.4. The number of halogens is 1. The lowest BCUT2D eigenvalue weighted by Crippen LogP contribution is -2.38. The summed E-state index contributed by atoms with van der Waals surface area (Å²) in [4.78, 5) is 4.24. The Bertz CT molecular complexity index is 852. The van der Waals surface area contributed by atoms with Crippen LogP contribution >= 0.6 is 15.9 Å². The molecule has 8 heteroatoms. The molecule has 1 aromatic carbocycles. The van der Waals surface area contributed by atoms with Gasteiger partial charge in [0.15, 0.2) is 5.41 Å². The Morgan fingerprint density at radius 3 is 2.58 bits per heavy atom. The zero-order chi connectivity index (χ0) is 17.2. The summed E-state index contributed by atoms with van der Waals surface area (Å²) in [7, 11) is 1.57. The monoisotopic (exact) mass is 388 g/mol. The van der Waals surface area contributed by atoms with Gasteiger partial charge in [-0.25, -0.2) is 4.99 Å². The van der Waals surface area contributed by atoms with Crippen LogP contribution in [-0.2, 0) is 9.47 Å². The number of ether oxygens (including phenoxy) is 3. The molecule has 3 atom stereocenters. The lowest BCUT2D eigenvalue weighted by Gasteiger charge is -2.25. The molecule has 1 aromatic rings. The van der Waals surface area contributed by atoms with Gasteiger partial charge in [-0.15, -0.1) is 0 Å². The van der Waals surface area contributed by atoms with Gasteiger partial charge in [-0.1, -0.05) is 6.07 Å². The van der Waals surface area contributed by atoms with Gasteiger partial charge in [0.2, 0.25) is 0 Å². The van der Waals surface area contributed by atoms with Crippen LogP contribution in [-0.4, -0.2) is 32.1 Å². The fraction of sp³-hybridized carbons (Fsp3) is 0.438. The number of nitrogens with zero attached hydrogens (tertiary/aromatic N) is 3. The number of hydrogen-bond acceptors (Lipinski definition) is 7. The maximum absolute atomic E-state index is 9.98. The Balaban J connectivity index is 1.89. The summed E-state index contributed by atoms with van der Waals surface area (Å²) in [6, 6.07) is 9.90. The van der Waals surface area contributed by atoms with E-state index in [0.29, 0.717) is 19.0 Å². The molecule has 3 aliphatic rings. The highest BCUT2D eigenvalue weighted by molar-refractivity contribution is 9.10. The van der Waals surface area contributed by atoms with Crippen LogP contribution in [0.1, 0.15) is 11.5 Å². The third-order valence-electron chi connectivity index (χ3n) is 5.12. The molecule has 0 radical (unpaired) electrons. The second-order valence-corrected chi connectivity index (χ2v) is 6.80.